The maximum Gasteiger partial charge on any atom is 0.192 e. The van der Waals surface area contributed by atoms with Crippen molar-refractivity contribution in [2.45, 2.75) is 26.7 Å². The molecule has 0 heterocycles. The van der Waals surface area contributed by atoms with Crippen LogP contribution in [0.1, 0.15) is 26.7 Å². The summed E-state index contributed by atoms with van der Waals surface area (Å²) >= 11 is 0. The Morgan fingerprint density at radius 3 is 2.62 bits per heavy atom. The topological polar surface area (TPSA) is 23.2 Å². The minimum atomic E-state index is 0.757. The van der Waals surface area contributed by atoms with Crippen LogP contribution in [0.4, 0.5) is 0 Å². The third-order valence-electron chi connectivity index (χ3n) is 1.04. The van der Waals surface area contributed by atoms with Crippen LogP contribution in [0.2, 0.25) is 0 Å². The minimum absolute atomic E-state index is 0.757. The summed E-state index contributed by atoms with van der Waals surface area (Å²) in [6.07, 6.45) is 3.85. The van der Waals surface area contributed by atoms with E-state index in [1.807, 2.05) is 6.92 Å². The molecule has 0 atom stereocenters. The van der Waals surface area contributed by atoms with Crippen LogP contribution in [0.15, 0.2) is 0 Å². The lowest BCUT2D eigenvalue weighted by Crippen LogP contribution is -2.07. The Bertz CT molecular complexity index is 78.6. The van der Waals surface area contributed by atoms with E-state index in [9.17, 15) is 0 Å². The van der Waals surface area contributed by atoms with E-state index >= 15 is 0 Å². The van der Waals surface area contributed by atoms with E-state index in [2.05, 4.69) is 6.92 Å². The van der Waals surface area contributed by atoms with Crippen LogP contribution in [0, 0.1) is 0 Å². The van der Waals surface area contributed by atoms with Crippen molar-refractivity contribution >= 4 is 6.21 Å². The summed E-state index contributed by atoms with van der Waals surface area (Å²) in [5.74, 6) is 0. The number of hydroxylamine groups is 1. The lowest BCUT2D eigenvalue weighted by atomic mass is 10.3. The molecule has 0 aliphatic rings. The van der Waals surface area contributed by atoms with E-state index < -0.39 is 0 Å². The summed E-state index contributed by atoms with van der Waals surface area (Å²) < 4.78 is 1.21. The first kappa shape index (κ1) is 7.47. The molecular formula is C6H14NO+. The maximum atomic E-state index is 8.77. The molecule has 0 amide bonds. The molecule has 0 saturated heterocycles. The van der Waals surface area contributed by atoms with Crippen LogP contribution >= 0.6 is 0 Å². The molecular weight excluding hydrogens is 102 g/mol. The highest BCUT2D eigenvalue weighted by atomic mass is 16.5. The summed E-state index contributed by atoms with van der Waals surface area (Å²) in [5, 5.41) is 8.77. The van der Waals surface area contributed by atoms with Crippen molar-refractivity contribution in [1.29, 1.82) is 0 Å². The highest BCUT2D eigenvalue weighted by Crippen LogP contribution is 1.83. The molecule has 2 heteroatoms. The summed E-state index contributed by atoms with van der Waals surface area (Å²) in [7, 11) is 0. The molecule has 0 spiro atoms. The molecule has 0 radical (unpaired) electrons. The van der Waals surface area contributed by atoms with Crippen molar-refractivity contribution in [1.82, 2.24) is 0 Å². The molecule has 0 aromatic carbocycles. The maximum absolute atomic E-state index is 8.77. The summed E-state index contributed by atoms with van der Waals surface area (Å²) in [6.45, 7) is 4.67. The van der Waals surface area contributed by atoms with E-state index in [-0.39, 0.29) is 0 Å². The van der Waals surface area contributed by atoms with Crippen molar-refractivity contribution in [3.63, 3.8) is 0 Å². The van der Waals surface area contributed by atoms with Gasteiger partial charge in [-0.3, -0.25) is 5.21 Å². The Morgan fingerprint density at radius 1 is 1.62 bits per heavy atom. The van der Waals surface area contributed by atoms with Crippen LogP contribution in [0.25, 0.3) is 0 Å². The molecule has 0 fully saturated rings. The number of nitrogens with zero attached hydrogens (tertiary/aromatic N) is 1. The van der Waals surface area contributed by atoms with Crippen LogP contribution in [-0.2, 0) is 0 Å². The van der Waals surface area contributed by atoms with E-state index in [1.54, 1.807) is 6.21 Å². The predicted octanol–water partition coefficient (Wildman–Crippen LogP) is 1.28. The van der Waals surface area contributed by atoms with E-state index in [0.717, 1.165) is 19.4 Å². The van der Waals surface area contributed by atoms with Gasteiger partial charge in [-0.2, -0.15) is 0 Å². The van der Waals surface area contributed by atoms with Crippen LogP contribution in [0.5, 0.6) is 0 Å². The zero-order chi connectivity index (χ0) is 6.41. The van der Waals surface area contributed by atoms with Gasteiger partial charge >= 0.3 is 0 Å². The van der Waals surface area contributed by atoms with Crippen LogP contribution < -0.4 is 0 Å². The predicted molar refractivity (Wildman–Crippen MR) is 33.6 cm³/mol. The van der Waals surface area contributed by atoms with E-state index in [0.29, 0.717) is 0 Å². The molecule has 0 aromatic rings. The van der Waals surface area contributed by atoms with Gasteiger partial charge in [-0.15, -0.1) is 0 Å². The Kier molecular flexibility index (Phi) is 4.32. The smallest absolute Gasteiger partial charge is 0.192 e. The second-order valence-electron chi connectivity index (χ2n) is 1.77. The van der Waals surface area contributed by atoms with E-state index in [4.69, 9.17) is 5.21 Å². The number of unbranched alkanes of at least 4 members (excludes halogenated alkanes) is 1. The van der Waals surface area contributed by atoms with Gasteiger partial charge in [0.15, 0.2) is 12.8 Å². The monoisotopic (exact) mass is 116 g/mol. The van der Waals surface area contributed by atoms with Gasteiger partial charge in [-0.05, 0) is 11.2 Å². The van der Waals surface area contributed by atoms with Gasteiger partial charge < -0.3 is 0 Å². The van der Waals surface area contributed by atoms with Crippen molar-refractivity contribution in [3.8, 4) is 0 Å². The van der Waals surface area contributed by atoms with Crippen molar-refractivity contribution in [2.24, 2.45) is 0 Å². The number of rotatable bonds is 3. The lowest BCUT2D eigenvalue weighted by Gasteiger charge is -1.87. The van der Waals surface area contributed by atoms with Crippen molar-refractivity contribution in [3.05, 3.63) is 0 Å². The highest BCUT2D eigenvalue weighted by Gasteiger charge is 1.93. The summed E-state index contributed by atoms with van der Waals surface area (Å²) in [5.41, 5.74) is 0. The first-order valence-corrected chi connectivity index (χ1v) is 3.06. The fourth-order valence-corrected chi connectivity index (χ4v) is 0.449. The third kappa shape index (κ3) is 3.65. The van der Waals surface area contributed by atoms with E-state index in [1.165, 1.54) is 4.74 Å². The molecule has 1 N–H and O–H groups in total. The molecule has 0 aliphatic heterocycles. The van der Waals surface area contributed by atoms with Gasteiger partial charge in [0, 0.05) is 13.3 Å². The Balaban J connectivity index is 3.12. The lowest BCUT2D eigenvalue weighted by molar-refractivity contribution is -0.771. The van der Waals surface area contributed by atoms with Gasteiger partial charge in [-0.1, -0.05) is 6.92 Å². The molecule has 0 saturated carbocycles. The Morgan fingerprint density at radius 2 is 2.25 bits per heavy atom. The highest BCUT2D eigenvalue weighted by molar-refractivity contribution is 5.46. The van der Waals surface area contributed by atoms with Gasteiger partial charge in [0.05, 0.1) is 0 Å². The fraction of sp³-hybridized carbons (Fsp3) is 0.833. The Hall–Kier alpha value is -0.530. The van der Waals surface area contributed by atoms with Crippen LogP contribution in [0.3, 0.4) is 0 Å². The normalized spacial score (nSPS) is 12.0. The zero-order valence-corrected chi connectivity index (χ0v) is 5.59. The summed E-state index contributed by atoms with van der Waals surface area (Å²) in [4.78, 5) is 0. The molecule has 2 nitrogen and oxygen atoms in total. The molecule has 48 valence electrons. The zero-order valence-electron chi connectivity index (χ0n) is 5.59. The quantitative estimate of drug-likeness (QED) is 0.255. The molecule has 0 bridgehead atoms. The van der Waals surface area contributed by atoms with Gasteiger partial charge in [-0.25, -0.2) is 0 Å². The SMILES string of the molecule is C/C=[N+](/O)CCCC. The third-order valence-corrected chi connectivity index (χ3v) is 1.04. The first-order valence-electron chi connectivity index (χ1n) is 3.06. The summed E-state index contributed by atoms with van der Waals surface area (Å²) in [6, 6.07) is 0. The molecule has 0 rings (SSSR count). The molecule has 0 aromatic heterocycles. The van der Waals surface area contributed by atoms with Crippen molar-refractivity contribution in [2.75, 3.05) is 6.54 Å². The Labute approximate surface area is 50.4 Å². The minimum Gasteiger partial charge on any atom is -0.291 e. The van der Waals surface area contributed by atoms with Gasteiger partial charge in [0.1, 0.15) is 0 Å². The van der Waals surface area contributed by atoms with Gasteiger partial charge in [0.25, 0.3) is 0 Å². The number of hydrogen-bond acceptors (Lipinski definition) is 1. The van der Waals surface area contributed by atoms with Gasteiger partial charge in [0.2, 0.25) is 0 Å². The molecule has 0 aliphatic carbocycles. The first-order chi connectivity index (χ1) is 3.81. The largest absolute Gasteiger partial charge is 0.291 e. The molecule has 0 unspecified atom stereocenters. The van der Waals surface area contributed by atoms with Crippen LogP contribution in [-0.4, -0.2) is 22.7 Å². The second kappa shape index (κ2) is 4.62. The fourth-order valence-electron chi connectivity index (χ4n) is 0.449. The average Bonchev–Trinajstić information content (AvgIpc) is 1.83. The second-order valence-corrected chi connectivity index (χ2v) is 1.77. The molecule has 8 heavy (non-hydrogen) atoms. The average molecular weight is 116 g/mol. The number of hydrogen-bond donors (Lipinski definition) is 1. The van der Waals surface area contributed by atoms with Crippen molar-refractivity contribution < 1.29 is 9.95 Å². The standard InChI is InChI=1S/C6H14NO/c1-3-5-6-7(8)4-2/h4,8H,3,5-6H2,1-2H3/q+1/b7-4+.